The summed E-state index contributed by atoms with van der Waals surface area (Å²) in [4.78, 5) is 8.98. The second kappa shape index (κ2) is 7.79. The smallest absolute Gasteiger partial charge is 0.128 e. The highest BCUT2D eigenvalue weighted by Crippen LogP contribution is 2.25. The van der Waals surface area contributed by atoms with E-state index < -0.39 is 0 Å². The maximum atomic E-state index is 5.95. The van der Waals surface area contributed by atoms with E-state index >= 15 is 0 Å². The second-order valence-corrected chi connectivity index (χ2v) is 6.23. The van der Waals surface area contributed by atoms with E-state index in [1.165, 1.54) is 5.57 Å². The average Bonchev–Trinajstić information content (AvgIpc) is 2.70. The third-order valence-electron chi connectivity index (χ3n) is 4.29. The van der Waals surface area contributed by atoms with Crippen LogP contribution in [-0.4, -0.2) is 17.2 Å². The molecule has 0 saturated carbocycles. The van der Waals surface area contributed by atoms with Crippen LogP contribution in [0, 0.1) is 0 Å². The van der Waals surface area contributed by atoms with E-state index in [0.29, 0.717) is 0 Å². The Hall–Kier alpha value is -3.20. The lowest BCUT2D eigenvalue weighted by Crippen LogP contribution is -2.11. The van der Waals surface area contributed by atoms with E-state index in [1.54, 1.807) is 6.20 Å². The summed E-state index contributed by atoms with van der Waals surface area (Å²) in [7, 11) is 0. The van der Waals surface area contributed by atoms with Crippen LogP contribution in [-0.2, 0) is 0 Å². The highest BCUT2D eigenvalue weighted by Gasteiger charge is 2.14. The molecular weight excluding hydrogens is 320 g/mol. The predicted molar refractivity (Wildman–Crippen MR) is 106 cm³/mol. The molecule has 3 nitrogen and oxygen atoms in total. The van der Waals surface area contributed by atoms with Crippen molar-refractivity contribution >= 4 is 11.8 Å². The number of para-hydroxylation sites is 1. The number of rotatable bonds is 4. The normalized spacial score (nSPS) is 15.5. The van der Waals surface area contributed by atoms with Crippen molar-refractivity contribution in [2.75, 3.05) is 6.54 Å². The Kier molecular flexibility index (Phi) is 4.88. The zero-order valence-corrected chi connectivity index (χ0v) is 14.5. The van der Waals surface area contributed by atoms with Gasteiger partial charge < -0.3 is 4.74 Å². The first-order valence-electron chi connectivity index (χ1n) is 8.87. The summed E-state index contributed by atoms with van der Waals surface area (Å²) in [5.74, 6) is 1.67. The third-order valence-corrected chi connectivity index (χ3v) is 4.29. The van der Waals surface area contributed by atoms with E-state index in [0.717, 1.165) is 47.7 Å². The maximum absolute atomic E-state index is 5.95. The molecular formula is C23H20N2O. The number of pyridine rings is 1. The number of hydrogen-bond donors (Lipinski definition) is 0. The molecule has 0 aliphatic carbocycles. The summed E-state index contributed by atoms with van der Waals surface area (Å²) in [6, 6.07) is 22.0. The molecule has 128 valence electrons. The molecule has 4 rings (SSSR count). The van der Waals surface area contributed by atoms with Crippen molar-refractivity contribution in [1.82, 2.24) is 4.98 Å². The van der Waals surface area contributed by atoms with Gasteiger partial charge in [0.2, 0.25) is 0 Å². The molecule has 2 aromatic carbocycles. The summed E-state index contributed by atoms with van der Waals surface area (Å²) in [6.07, 6.45) is 7.99. The summed E-state index contributed by atoms with van der Waals surface area (Å²) in [6.45, 7) is 0.874. The Morgan fingerprint density at radius 1 is 0.885 bits per heavy atom. The molecule has 0 amide bonds. The molecule has 0 atom stereocenters. The second-order valence-electron chi connectivity index (χ2n) is 6.23. The minimum atomic E-state index is 0.834. The Labute approximate surface area is 153 Å². The third kappa shape index (κ3) is 3.89. The lowest BCUT2D eigenvalue weighted by atomic mass is 9.95. The minimum absolute atomic E-state index is 0.834. The number of nitrogens with zero attached hydrogens (tertiary/aromatic N) is 2. The molecule has 0 unspecified atom stereocenters. The molecule has 1 aliphatic rings. The van der Waals surface area contributed by atoms with Crippen LogP contribution in [0.5, 0.6) is 11.5 Å². The van der Waals surface area contributed by atoms with Gasteiger partial charge in [0.15, 0.2) is 0 Å². The van der Waals surface area contributed by atoms with Gasteiger partial charge in [-0.2, -0.15) is 0 Å². The Balaban J connectivity index is 1.62. The van der Waals surface area contributed by atoms with Crippen LogP contribution in [0.1, 0.15) is 24.0 Å². The van der Waals surface area contributed by atoms with Crippen molar-refractivity contribution < 1.29 is 4.74 Å². The number of ether oxygens (including phenoxy) is 1. The molecule has 0 bridgehead atoms. The first-order valence-corrected chi connectivity index (χ1v) is 8.87. The number of benzene rings is 2. The molecule has 1 aromatic heterocycles. The predicted octanol–water partition coefficient (Wildman–Crippen LogP) is 5.54. The quantitative estimate of drug-likeness (QED) is 0.625. The van der Waals surface area contributed by atoms with Crippen LogP contribution in [0.4, 0.5) is 0 Å². The standard InChI is InChI=1S/C23H20N2O/c1-2-10-21(11-3-1)26-22-12-4-7-18(16-22)15-19-8-6-14-25-23(19)20-9-5-13-24-17-20/h1-5,7,9-13,15-17H,6,8,14H2/b19-15-. The fourth-order valence-corrected chi connectivity index (χ4v) is 3.09. The van der Waals surface area contributed by atoms with Crippen molar-refractivity contribution in [2.24, 2.45) is 4.99 Å². The summed E-state index contributed by atoms with van der Waals surface area (Å²) >= 11 is 0. The molecule has 26 heavy (non-hydrogen) atoms. The molecule has 0 spiro atoms. The van der Waals surface area contributed by atoms with Crippen LogP contribution < -0.4 is 4.74 Å². The summed E-state index contributed by atoms with van der Waals surface area (Å²) < 4.78 is 5.95. The van der Waals surface area contributed by atoms with E-state index in [4.69, 9.17) is 9.73 Å². The molecule has 3 aromatic rings. The molecule has 3 heteroatoms. The number of hydrogen-bond acceptors (Lipinski definition) is 3. The van der Waals surface area contributed by atoms with Crippen LogP contribution >= 0.6 is 0 Å². The minimum Gasteiger partial charge on any atom is -0.457 e. The monoisotopic (exact) mass is 340 g/mol. The molecule has 0 radical (unpaired) electrons. The van der Waals surface area contributed by atoms with Gasteiger partial charge in [0.05, 0.1) is 5.71 Å². The fourth-order valence-electron chi connectivity index (χ4n) is 3.09. The van der Waals surface area contributed by atoms with Crippen molar-refractivity contribution in [3.8, 4) is 11.5 Å². The lowest BCUT2D eigenvalue weighted by Gasteiger charge is -2.16. The Morgan fingerprint density at radius 2 is 1.77 bits per heavy atom. The molecule has 0 N–H and O–H groups in total. The zero-order valence-electron chi connectivity index (χ0n) is 14.5. The van der Waals surface area contributed by atoms with Crippen molar-refractivity contribution in [3.05, 3.63) is 95.8 Å². The van der Waals surface area contributed by atoms with Gasteiger partial charge in [0.1, 0.15) is 11.5 Å². The van der Waals surface area contributed by atoms with Gasteiger partial charge in [-0.05, 0) is 66.5 Å². The maximum Gasteiger partial charge on any atom is 0.128 e. The Morgan fingerprint density at radius 3 is 2.62 bits per heavy atom. The van der Waals surface area contributed by atoms with Crippen molar-refractivity contribution in [1.29, 1.82) is 0 Å². The summed E-state index contributed by atoms with van der Waals surface area (Å²) in [5.41, 5.74) is 4.50. The highest BCUT2D eigenvalue weighted by molar-refractivity contribution is 6.15. The fraction of sp³-hybridized carbons (Fsp3) is 0.130. The average molecular weight is 340 g/mol. The van der Waals surface area contributed by atoms with Gasteiger partial charge in [-0.25, -0.2) is 0 Å². The van der Waals surface area contributed by atoms with Gasteiger partial charge in [-0.1, -0.05) is 30.3 Å². The van der Waals surface area contributed by atoms with Gasteiger partial charge in [-0.15, -0.1) is 0 Å². The van der Waals surface area contributed by atoms with Crippen LogP contribution in [0.3, 0.4) is 0 Å². The highest BCUT2D eigenvalue weighted by atomic mass is 16.5. The number of aromatic nitrogens is 1. The van der Waals surface area contributed by atoms with Gasteiger partial charge in [0, 0.05) is 24.5 Å². The topological polar surface area (TPSA) is 34.5 Å². The molecule has 2 heterocycles. The van der Waals surface area contributed by atoms with E-state index in [-0.39, 0.29) is 0 Å². The molecule has 0 fully saturated rings. The largest absolute Gasteiger partial charge is 0.457 e. The van der Waals surface area contributed by atoms with E-state index in [9.17, 15) is 0 Å². The first kappa shape index (κ1) is 16.3. The van der Waals surface area contributed by atoms with Crippen LogP contribution in [0.15, 0.2) is 89.7 Å². The van der Waals surface area contributed by atoms with Crippen molar-refractivity contribution in [3.63, 3.8) is 0 Å². The number of aliphatic imine (C=N–C) groups is 1. The lowest BCUT2D eigenvalue weighted by molar-refractivity contribution is 0.482. The van der Waals surface area contributed by atoms with Gasteiger partial charge >= 0.3 is 0 Å². The van der Waals surface area contributed by atoms with Crippen molar-refractivity contribution in [2.45, 2.75) is 12.8 Å². The summed E-state index contributed by atoms with van der Waals surface area (Å²) in [5, 5.41) is 0. The molecule has 0 saturated heterocycles. The Bertz CT molecular complexity index is 931. The van der Waals surface area contributed by atoms with Crippen LogP contribution in [0.25, 0.3) is 6.08 Å². The van der Waals surface area contributed by atoms with Gasteiger partial charge in [0.25, 0.3) is 0 Å². The number of allylic oxidation sites excluding steroid dienone is 1. The zero-order chi connectivity index (χ0) is 17.6. The first-order chi connectivity index (χ1) is 12.9. The van der Waals surface area contributed by atoms with Gasteiger partial charge in [-0.3, -0.25) is 9.98 Å². The SMILES string of the molecule is C(=C1\CCCN=C1c1cccnc1)/c1cccc(Oc2ccccc2)c1. The van der Waals surface area contributed by atoms with E-state index in [1.807, 2.05) is 54.7 Å². The van der Waals surface area contributed by atoms with Crippen LogP contribution in [0.2, 0.25) is 0 Å². The van der Waals surface area contributed by atoms with E-state index in [2.05, 4.69) is 29.3 Å². The molecule has 1 aliphatic heterocycles.